The van der Waals surface area contributed by atoms with Gasteiger partial charge in [-0.1, -0.05) is 24.3 Å². The van der Waals surface area contributed by atoms with Crippen LogP contribution in [0.15, 0.2) is 72.9 Å². The van der Waals surface area contributed by atoms with E-state index in [4.69, 9.17) is 23.7 Å². The second-order valence-electron chi connectivity index (χ2n) is 11.4. The van der Waals surface area contributed by atoms with E-state index in [1.165, 1.54) is 12.0 Å². The van der Waals surface area contributed by atoms with E-state index in [9.17, 15) is 14.7 Å². The molecule has 250 valence electrons. The van der Waals surface area contributed by atoms with Crippen molar-refractivity contribution in [1.29, 1.82) is 0 Å². The summed E-state index contributed by atoms with van der Waals surface area (Å²) in [5.41, 5.74) is 0.907. The Bertz CT molecular complexity index is 1660. The summed E-state index contributed by atoms with van der Waals surface area (Å²) in [5, 5.41) is 17.6. The van der Waals surface area contributed by atoms with Crippen molar-refractivity contribution in [3.8, 4) is 17.2 Å². The topological polar surface area (TPSA) is 141 Å². The fraction of sp³-hybridized carbons (Fsp3) is 0.343. The summed E-state index contributed by atoms with van der Waals surface area (Å²) in [4.78, 5) is 30.9. The molecule has 4 aromatic rings. The number of hydrogen-bond donors (Lipinski definition) is 3. The number of rotatable bonds is 16. The molecule has 12 heteroatoms. The number of nitrogens with zero attached hydrogens (tertiary/aromatic N) is 2. The van der Waals surface area contributed by atoms with Crippen LogP contribution in [0, 0.1) is 0 Å². The molecule has 0 saturated carbocycles. The van der Waals surface area contributed by atoms with Crippen LogP contribution in [0.5, 0.6) is 17.2 Å². The zero-order valence-corrected chi connectivity index (χ0v) is 27.4. The molecule has 3 aromatic carbocycles. The van der Waals surface area contributed by atoms with E-state index in [0.717, 1.165) is 10.8 Å². The molecule has 12 nitrogen and oxygen atoms in total. The molecule has 0 bridgehead atoms. The zero-order chi connectivity index (χ0) is 33.8. The third-order valence-electron chi connectivity index (χ3n) is 6.94. The maximum atomic E-state index is 12.9. The van der Waals surface area contributed by atoms with Crippen LogP contribution in [0.1, 0.15) is 31.1 Å². The molecule has 0 radical (unpaired) electrons. The zero-order valence-electron chi connectivity index (χ0n) is 27.4. The Labute approximate surface area is 274 Å². The molecule has 0 atom stereocenters. The number of amides is 2. The number of carbonyl (C=O) groups excluding carboxylic acids is 1. The minimum absolute atomic E-state index is 0.278. The first-order chi connectivity index (χ1) is 22.6. The van der Waals surface area contributed by atoms with Gasteiger partial charge >= 0.3 is 6.09 Å². The fourth-order valence-electron chi connectivity index (χ4n) is 4.83. The van der Waals surface area contributed by atoms with E-state index >= 15 is 0 Å². The van der Waals surface area contributed by atoms with Crippen LogP contribution in [-0.2, 0) is 14.2 Å². The van der Waals surface area contributed by atoms with Gasteiger partial charge in [0.25, 0.3) is 5.91 Å². The van der Waals surface area contributed by atoms with Crippen molar-refractivity contribution < 1.29 is 38.4 Å². The molecule has 0 saturated heterocycles. The van der Waals surface area contributed by atoms with Gasteiger partial charge in [-0.2, -0.15) is 0 Å². The largest absolute Gasteiger partial charge is 0.497 e. The van der Waals surface area contributed by atoms with Gasteiger partial charge in [0, 0.05) is 59.5 Å². The first kappa shape index (κ1) is 35.0. The quantitative estimate of drug-likeness (QED) is 0.116. The number of pyridine rings is 1. The van der Waals surface area contributed by atoms with Gasteiger partial charge in [-0.3, -0.25) is 9.69 Å². The molecule has 0 aliphatic heterocycles. The Balaban J connectivity index is 1.45. The number of carboxylic acid groups (broad SMARTS) is 1. The third-order valence-corrected chi connectivity index (χ3v) is 6.94. The Morgan fingerprint density at radius 3 is 2.28 bits per heavy atom. The summed E-state index contributed by atoms with van der Waals surface area (Å²) in [6, 6.07) is 19.6. The Hall–Kier alpha value is -4.91. The first-order valence-corrected chi connectivity index (χ1v) is 15.2. The van der Waals surface area contributed by atoms with Crippen LogP contribution >= 0.6 is 0 Å². The van der Waals surface area contributed by atoms with E-state index in [2.05, 4.69) is 15.6 Å². The van der Waals surface area contributed by atoms with Crippen molar-refractivity contribution in [1.82, 2.24) is 10.3 Å². The average molecular weight is 647 g/mol. The van der Waals surface area contributed by atoms with Crippen molar-refractivity contribution in [2.45, 2.75) is 26.3 Å². The average Bonchev–Trinajstić information content (AvgIpc) is 3.04. The summed E-state index contributed by atoms with van der Waals surface area (Å²) >= 11 is 0. The van der Waals surface area contributed by atoms with E-state index in [-0.39, 0.29) is 5.91 Å². The Morgan fingerprint density at radius 1 is 0.851 bits per heavy atom. The summed E-state index contributed by atoms with van der Waals surface area (Å²) < 4.78 is 27.5. The molecular weight excluding hydrogens is 604 g/mol. The maximum Gasteiger partial charge on any atom is 0.412 e. The summed E-state index contributed by atoms with van der Waals surface area (Å²) in [6.07, 6.45) is 0.570. The highest BCUT2D eigenvalue weighted by Crippen LogP contribution is 2.38. The van der Waals surface area contributed by atoms with Crippen LogP contribution in [-0.4, -0.2) is 81.4 Å². The summed E-state index contributed by atoms with van der Waals surface area (Å²) in [5.74, 6) is 1.77. The summed E-state index contributed by atoms with van der Waals surface area (Å²) in [6.45, 7) is 8.14. The maximum absolute atomic E-state index is 12.9. The predicted octanol–water partition coefficient (Wildman–Crippen LogP) is 6.47. The minimum atomic E-state index is -1.04. The molecule has 1 heterocycles. The number of carbonyl (C=O) groups is 2. The van der Waals surface area contributed by atoms with Crippen LogP contribution in [0.25, 0.3) is 10.8 Å². The van der Waals surface area contributed by atoms with Gasteiger partial charge in [-0.15, -0.1) is 0 Å². The smallest absolute Gasteiger partial charge is 0.412 e. The molecule has 2 amide bonds. The number of anilines is 3. The van der Waals surface area contributed by atoms with Crippen LogP contribution in [0.3, 0.4) is 0 Å². The number of hydrogen-bond acceptors (Lipinski definition) is 9. The highest BCUT2D eigenvalue weighted by molar-refractivity contribution is 6.04. The molecule has 4 rings (SSSR count). The molecule has 0 unspecified atom stereocenters. The lowest BCUT2D eigenvalue weighted by atomic mass is 10.0. The third kappa shape index (κ3) is 9.79. The lowest BCUT2D eigenvalue weighted by Gasteiger charge is -2.34. The van der Waals surface area contributed by atoms with Gasteiger partial charge in [-0.25, -0.2) is 9.78 Å². The monoisotopic (exact) mass is 646 g/mol. The number of nitrogens with one attached hydrogen (secondary N) is 2. The van der Waals surface area contributed by atoms with E-state index in [0.29, 0.717) is 79.6 Å². The Kier molecular flexibility index (Phi) is 12.3. The van der Waals surface area contributed by atoms with Crippen molar-refractivity contribution >= 4 is 40.0 Å². The highest BCUT2D eigenvalue weighted by Gasteiger charge is 2.29. The predicted molar refractivity (Wildman–Crippen MR) is 181 cm³/mol. The lowest BCUT2D eigenvalue weighted by molar-refractivity contribution is 0.0255. The van der Waals surface area contributed by atoms with Gasteiger partial charge in [0.15, 0.2) is 0 Å². The molecule has 0 fully saturated rings. The summed E-state index contributed by atoms with van der Waals surface area (Å²) in [7, 11) is 3.15. The molecule has 47 heavy (non-hydrogen) atoms. The fourth-order valence-corrected chi connectivity index (χ4v) is 4.83. The SMILES string of the molecule is COCCOCCOCCNC(=O)c1cc(Nc2cc(Oc3ccc(N(C(=O)O)C(C)(C)C)c4ccccc34)ccn2)cc(OC)c1. The van der Waals surface area contributed by atoms with Gasteiger partial charge in [0.2, 0.25) is 0 Å². The van der Waals surface area contributed by atoms with Crippen molar-refractivity contribution in [2.75, 3.05) is 64.0 Å². The number of fused-ring (bicyclic) bond motifs is 1. The van der Waals surface area contributed by atoms with Crippen LogP contribution < -0.4 is 25.0 Å². The molecule has 1 aromatic heterocycles. The number of aromatic nitrogens is 1. The van der Waals surface area contributed by atoms with Crippen LogP contribution in [0.4, 0.5) is 22.0 Å². The van der Waals surface area contributed by atoms with Gasteiger partial charge in [0.05, 0.1) is 45.8 Å². The normalized spacial score (nSPS) is 11.3. The second kappa shape index (κ2) is 16.6. The standard InChI is InChI=1S/C35H42N4O8/c1-35(2,3)39(34(41)42)30-10-11-31(29-9-7-6-8-28(29)30)47-26-12-13-36-32(23-26)38-25-20-24(21-27(22-25)44-5)33(40)37-14-15-45-18-19-46-17-16-43-4/h6-13,20-23H,14-19H2,1-5H3,(H,36,38)(H,37,40)(H,41,42). The lowest BCUT2D eigenvalue weighted by Crippen LogP contribution is -2.45. The van der Waals surface area contributed by atoms with E-state index in [1.54, 1.807) is 55.8 Å². The minimum Gasteiger partial charge on any atom is -0.497 e. The van der Waals surface area contributed by atoms with E-state index < -0.39 is 11.6 Å². The van der Waals surface area contributed by atoms with Crippen LogP contribution in [0.2, 0.25) is 0 Å². The number of ether oxygens (including phenoxy) is 5. The van der Waals surface area contributed by atoms with Crippen molar-refractivity contribution in [3.63, 3.8) is 0 Å². The molecule has 3 N–H and O–H groups in total. The molecule has 0 aliphatic rings. The van der Waals surface area contributed by atoms with Crippen molar-refractivity contribution in [2.24, 2.45) is 0 Å². The van der Waals surface area contributed by atoms with Gasteiger partial charge < -0.3 is 39.4 Å². The molecule has 0 aliphatic carbocycles. The first-order valence-electron chi connectivity index (χ1n) is 15.2. The van der Waals surface area contributed by atoms with Gasteiger partial charge in [-0.05, 0) is 51.1 Å². The number of methoxy groups -OCH3 is 2. The highest BCUT2D eigenvalue weighted by atomic mass is 16.5. The Morgan fingerprint density at radius 2 is 1.57 bits per heavy atom. The second-order valence-corrected chi connectivity index (χ2v) is 11.4. The number of benzene rings is 3. The van der Waals surface area contributed by atoms with Gasteiger partial charge in [0.1, 0.15) is 23.1 Å². The molecule has 0 spiro atoms. The molecular formula is C35H42N4O8. The van der Waals surface area contributed by atoms with E-state index in [1.807, 2.05) is 45.0 Å². The van der Waals surface area contributed by atoms with Crippen molar-refractivity contribution in [3.05, 3.63) is 78.5 Å².